The fourth-order valence-corrected chi connectivity index (χ4v) is 2.22. The Morgan fingerprint density at radius 1 is 0.933 bits per heavy atom. The molecule has 1 aromatic heterocycles. The Morgan fingerprint density at radius 3 is 2.40 bits per heavy atom. The van der Waals surface area contributed by atoms with Crippen LogP contribution < -0.4 is 0 Å². The second kappa shape index (κ2) is 3.00. The van der Waals surface area contributed by atoms with E-state index >= 15 is 0 Å². The number of para-hydroxylation sites is 2. The van der Waals surface area contributed by atoms with E-state index in [4.69, 9.17) is 4.42 Å². The molecule has 0 amide bonds. The van der Waals surface area contributed by atoms with Crippen LogP contribution >= 0.6 is 15.9 Å². The zero-order chi connectivity index (χ0) is 10.4. The Hall–Kier alpha value is -1.48. The molecule has 1 heterocycles. The van der Waals surface area contributed by atoms with Gasteiger partial charge in [0.2, 0.25) is 0 Å². The molecular formula is C12H7BrO2. The van der Waals surface area contributed by atoms with E-state index in [0.717, 1.165) is 20.8 Å². The molecule has 0 bridgehead atoms. The molecule has 3 aromatic rings. The van der Waals surface area contributed by atoms with Crippen molar-refractivity contribution < 1.29 is 9.52 Å². The van der Waals surface area contributed by atoms with Gasteiger partial charge in [-0.25, -0.2) is 0 Å². The lowest BCUT2D eigenvalue weighted by molar-refractivity contribution is 0.468. The zero-order valence-electron chi connectivity index (χ0n) is 7.70. The average molecular weight is 263 g/mol. The summed E-state index contributed by atoms with van der Waals surface area (Å²) in [5, 5.41) is 11.6. The van der Waals surface area contributed by atoms with Crippen molar-refractivity contribution in [3.63, 3.8) is 0 Å². The van der Waals surface area contributed by atoms with Crippen molar-refractivity contribution in [2.75, 3.05) is 0 Å². The van der Waals surface area contributed by atoms with Gasteiger partial charge in [-0.05, 0) is 28.1 Å². The van der Waals surface area contributed by atoms with E-state index in [-0.39, 0.29) is 5.75 Å². The first kappa shape index (κ1) is 8.80. The van der Waals surface area contributed by atoms with Crippen LogP contribution in [0.5, 0.6) is 5.75 Å². The van der Waals surface area contributed by atoms with Crippen molar-refractivity contribution in [3.8, 4) is 5.75 Å². The van der Waals surface area contributed by atoms with Gasteiger partial charge in [0.15, 0.2) is 11.3 Å². The lowest BCUT2D eigenvalue weighted by Gasteiger charge is -1.90. The summed E-state index contributed by atoms with van der Waals surface area (Å²) in [6.45, 7) is 0. The molecule has 0 aliphatic rings. The summed E-state index contributed by atoms with van der Waals surface area (Å²) < 4.78 is 6.52. The van der Waals surface area contributed by atoms with Crippen LogP contribution in [0.3, 0.4) is 0 Å². The van der Waals surface area contributed by atoms with Gasteiger partial charge >= 0.3 is 0 Å². The van der Waals surface area contributed by atoms with Gasteiger partial charge in [0.25, 0.3) is 0 Å². The van der Waals surface area contributed by atoms with Gasteiger partial charge in [-0.2, -0.15) is 0 Å². The van der Waals surface area contributed by atoms with Crippen LogP contribution in [0.4, 0.5) is 0 Å². The Kier molecular flexibility index (Phi) is 1.76. The summed E-state index contributed by atoms with van der Waals surface area (Å²) in [5.74, 6) is 0.176. The molecule has 2 aromatic carbocycles. The summed E-state index contributed by atoms with van der Waals surface area (Å²) >= 11 is 3.42. The maximum Gasteiger partial charge on any atom is 0.177 e. The molecule has 0 unspecified atom stereocenters. The molecule has 0 radical (unpaired) electrons. The minimum absolute atomic E-state index is 0.176. The third-order valence-electron chi connectivity index (χ3n) is 2.46. The monoisotopic (exact) mass is 262 g/mol. The highest BCUT2D eigenvalue weighted by Gasteiger charge is 2.11. The quantitative estimate of drug-likeness (QED) is 0.663. The molecule has 0 saturated heterocycles. The third-order valence-corrected chi connectivity index (χ3v) is 3.08. The van der Waals surface area contributed by atoms with Crippen LogP contribution in [0.25, 0.3) is 21.9 Å². The fraction of sp³-hybridized carbons (Fsp3) is 0. The number of halogens is 1. The first-order chi connectivity index (χ1) is 7.27. The number of rotatable bonds is 0. The van der Waals surface area contributed by atoms with Crippen molar-refractivity contribution in [2.24, 2.45) is 0 Å². The smallest absolute Gasteiger partial charge is 0.177 e. The highest BCUT2D eigenvalue weighted by atomic mass is 79.9. The highest BCUT2D eigenvalue weighted by Crippen LogP contribution is 2.36. The second-order valence-electron chi connectivity index (χ2n) is 3.37. The maximum atomic E-state index is 9.65. The standard InChI is InChI=1S/C12H7BrO2/c13-9-5-1-3-7-8-4-2-6-10(14)12(8)15-11(7)9/h1-6,14H. The van der Waals surface area contributed by atoms with Gasteiger partial charge in [0.1, 0.15) is 5.58 Å². The Bertz CT molecular complexity index is 599. The lowest BCUT2D eigenvalue weighted by atomic mass is 10.1. The van der Waals surface area contributed by atoms with E-state index in [1.54, 1.807) is 6.07 Å². The molecule has 0 fully saturated rings. The van der Waals surface area contributed by atoms with Gasteiger partial charge in [0, 0.05) is 10.8 Å². The van der Waals surface area contributed by atoms with E-state index in [2.05, 4.69) is 15.9 Å². The normalized spacial score (nSPS) is 11.3. The summed E-state index contributed by atoms with van der Waals surface area (Å²) in [6.07, 6.45) is 0. The van der Waals surface area contributed by atoms with Gasteiger partial charge in [-0.15, -0.1) is 0 Å². The topological polar surface area (TPSA) is 33.4 Å². The molecule has 0 atom stereocenters. The molecule has 2 nitrogen and oxygen atoms in total. The van der Waals surface area contributed by atoms with Gasteiger partial charge in [-0.1, -0.05) is 24.3 Å². The summed E-state index contributed by atoms with van der Waals surface area (Å²) in [4.78, 5) is 0. The molecule has 0 spiro atoms. The molecule has 0 saturated carbocycles. The van der Waals surface area contributed by atoms with Gasteiger partial charge in [-0.3, -0.25) is 0 Å². The van der Waals surface area contributed by atoms with Crippen LogP contribution in [0.15, 0.2) is 45.3 Å². The van der Waals surface area contributed by atoms with Crippen molar-refractivity contribution in [1.29, 1.82) is 0 Å². The molecule has 74 valence electrons. The predicted molar refractivity (Wildman–Crippen MR) is 63.1 cm³/mol. The first-order valence-corrected chi connectivity index (χ1v) is 5.35. The number of benzene rings is 2. The van der Waals surface area contributed by atoms with Crippen molar-refractivity contribution in [1.82, 2.24) is 0 Å². The van der Waals surface area contributed by atoms with E-state index < -0.39 is 0 Å². The molecule has 1 N–H and O–H groups in total. The number of furan rings is 1. The largest absolute Gasteiger partial charge is 0.504 e. The highest BCUT2D eigenvalue weighted by molar-refractivity contribution is 9.10. The SMILES string of the molecule is Oc1cccc2c1oc1c(Br)cccc12. The summed E-state index contributed by atoms with van der Waals surface area (Å²) in [5.41, 5.74) is 1.31. The molecule has 0 aliphatic carbocycles. The summed E-state index contributed by atoms with van der Waals surface area (Å²) in [6, 6.07) is 11.2. The Morgan fingerprint density at radius 2 is 1.60 bits per heavy atom. The first-order valence-electron chi connectivity index (χ1n) is 4.56. The van der Waals surface area contributed by atoms with Crippen LogP contribution in [0.2, 0.25) is 0 Å². The van der Waals surface area contributed by atoms with Crippen molar-refractivity contribution in [3.05, 3.63) is 40.9 Å². The number of phenols is 1. The van der Waals surface area contributed by atoms with Gasteiger partial charge < -0.3 is 9.52 Å². The Balaban J connectivity index is 2.63. The lowest BCUT2D eigenvalue weighted by Crippen LogP contribution is -1.67. The van der Waals surface area contributed by atoms with Gasteiger partial charge in [0.05, 0.1) is 4.47 Å². The van der Waals surface area contributed by atoms with Crippen molar-refractivity contribution in [2.45, 2.75) is 0 Å². The molecule has 15 heavy (non-hydrogen) atoms. The van der Waals surface area contributed by atoms with Crippen LogP contribution in [0, 0.1) is 0 Å². The number of hydrogen-bond donors (Lipinski definition) is 1. The predicted octanol–water partition coefficient (Wildman–Crippen LogP) is 4.05. The van der Waals surface area contributed by atoms with Crippen molar-refractivity contribution >= 4 is 37.9 Å². The summed E-state index contributed by atoms with van der Waals surface area (Å²) in [7, 11) is 0. The number of fused-ring (bicyclic) bond motifs is 3. The van der Waals surface area contributed by atoms with Crippen LogP contribution in [-0.2, 0) is 0 Å². The maximum absolute atomic E-state index is 9.65. The fourth-order valence-electron chi connectivity index (χ4n) is 1.77. The molecule has 3 heteroatoms. The van der Waals surface area contributed by atoms with Crippen LogP contribution in [0.1, 0.15) is 0 Å². The minimum atomic E-state index is 0.176. The second-order valence-corrected chi connectivity index (χ2v) is 4.23. The van der Waals surface area contributed by atoms with E-state index in [1.807, 2.05) is 30.3 Å². The number of phenolic OH excluding ortho intramolecular Hbond substituents is 1. The van der Waals surface area contributed by atoms with E-state index in [1.165, 1.54) is 0 Å². The Labute approximate surface area is 94.3 Å². The van der Waals surface area contributed by atoms with E-state index in [0.29, 0.717) is 5.58 Å². The number of hydrogen-bond acceptors (Lipinski definition) is 2. The minimum Gasteiger partial charge on any atom is -0.504 e. The molecule has 0 aliphatic heterocycles. The molecular weight excluding hydrogens is 256 g/mol. The van der Waals surface area contributed by atoms with E-state index in [9.17, 15) is 5.11 Å². The van der Waals surface area contributed by atoms with Crippen LogP contribution in [-0.4, -0.2) is 5.11 Å². The molecule has 3 rings (SSSR count). The zero-order valence-corrected chi connectivity index (χ0v) is 9.28. The third kappa shape index (κ3) is 1.16. The average Bonchev–Trinajstić information content (AvgIpc) is 2.60. The number of aromatic hydroxyl groups is 1.